The summed E-state index contributed by atoms with van der Waals surface area (Å²) in [7, 11) is 1.66. The minimum absolute atomic E-state index is 0.0931. The maximum atomic E-state index is 10.6. The maximum absolute atomic E-state index is 10.6. The summed E-state index contributed by atoms with van der Waals surface area (Å²) in [5, 5.41) is 12.2. The van der Waals surface area contributed by atoms with E-state index >= 15 is 0 Å². The fourth-order valence-electron chi connectivity index (χ4n) is 1.51. The first-order chi connectivity index (χ1) is 9.65. The minimum atomic E-state index is -0.403. The Labute approximate surface area is 121 Å². The van der Waals surface area contributed by atoms with Crippen molar-refractivity contribution in [2.24, 2.45) is 5.73 Å². The van der Waals surface area contributed by atoms with Crippen LogP contribution in [0.25, 0.3) is 0 Å². The third kappa shape index (κ3) is 9.72. The third-order valence-corrected chi connectivity index (χ3v) is 2.78. The van der Waals surface area contributed by atoms with Crippen LogP contribution in [0.15, 0.2) is 24.3 Å². The second-order valence-electron chi connectivity index (χ2n) is 4.40. The lowest BCUT2D eigenvalue weighted by Gasteiger charge is -2.08. The number of aromatic hydroxyl groups is 1. The largest absolute Gasteiger partial charge is 0.508 e. The quantitative estimate of drug-likeness (QED) is 0.798. The summed E-state index contributed by atoms with van der Waals surface area (Å²) in [5.74, 6) is 0.289. The molecule has 1 heterocycles. The average molecular weight is 286 g/mol. The Morgan fingerprint density at radius 2 is 1.80 bits per heavy atom. The zero-order valence-electron chi connectivity index (χ0n) is 12.4. The highest BCUT2D eigenvalue weighted by atomic mass is 19.1. The molecule has 0 saturated carbocycles. The Balaban J connectivity index is 0.000000331. The number of ether oxygens (including phenoxy) is 1. The van der Waals surface area contributed by atoms with Gasteiger partial charge in [0.05, 0.1) is 6.10 Å². The lowest BCUT2D eigenvalue weighted by Crippen LogP contribution is -2.03. The fourth-order valence-corrected chi connectivity index (χ4v) is 1.51. The number of nitrogens with two attached hydrogens (primary N) is 1. The van der Waals surface area contributed by atoms with Crippen LogP contribution >= 0.6 is 0 Å². The molecule has 1 saturated heterocycles. The normalized spacial score (nSPS) is 14.6. The molecule has 1 aromatic carbocycles. The van der Waals surface area contributed by atoms with Crippen LogP contribution in [0.3, 0.4) is 0 Å². The molecule has 116 valence electrons. The predicted molar refractivity (Wildman–Crippen MR) is 80.7 cm³/mol. The summed E-state index contributed by atoms with van der Waals surface area (Å²) in [6, 6.07) is 7.02. The van der Waals surface area contributed by atoms with Crippen LogP contribution in [0.5, 0.6) is 5.75 Å². The lowest BCUT2D eigenvalue weighted by atomic mass is 10.1. The molecule has 1 aromatic rings. The molecule has 0 radical (unpaired) electrons. The second kappa shape index (κ2) is 12.8. The van der Waals surface area contributed by atoms with Crippen LogP contribution < -0.4 is 11.1 Å². The lowest BCUT2D eigenvalue weighted by molar-refractivity contribution is 0.119. The minimum Gasteiger partial charge on any atom is -0.508 e. The highest BCUT2D eigenvalue weighted by Gasteiger charge is 2.01. The van der Waals surface area contributed by atoms with Gasteiger partial charge in [-0.3, -0.25) is 0 Å². The van der Waals surface area contributed by atoms with E-state index in [-0.39, 0.29) is 18.4 Å². The summed E-state index contributed by atoms with van der Waals surface area (Å²) in [6.07, 6.45) is 2.87. The highest BCUT2D eigenvalue weighted by Crippen LogP contribution is 2.18. The summed E-state index contributed by atoms with van der Waals surface area (Å²) < 4.78 is 15.7. The first-order valence-electron chi connectivity index (χ1n) is 6.94. The van der Waals surface area contributed by atoms with E-state index in [0.29, 0.717) is 0 Å². The van der Waals surface area contributed by atoms with Gasteiger partial charge >= 0.3 is 0 Å². The predicted octanol–water partition coefficient (Wildman–Crippen LogP) is 2.38. The number of benzene rings is 1. The smallest absolute Gasteiger partial charge is 0.115 e. The molecular weight excluding hydrogens is 259 g/mol. The van der Waals surface area contributed by atoms with Crippen molar-refractivity contribution in [3.8, 4) is 5.75 Å². The molecule has 0 bridgehead atoms. The molecule has 1 aliphatic heterocycles. The monoisotopic (exact) mass is 286 g/mol. The molecule has 1 unspecified atom stereocenters. The first kappa shape index (κ1) is 18.8. The van der Waals surface area contributed by atoms with Crippen molar-refractivity contribution in [2.45, 2.75) is 25.9 Å². The van der Waals surface area contributed by atoms with Crippen LogP contribution in [-0.4, -0.2) is 38.5 Å². The Morgan fingerprint density at radius 3 is 2.10 bits per heavy atom. The number of alkyl halides is 1. The molecule has 0 aliphatic carbocycles. The molecule has 0 spiro atoms. The molecule has 1 atom stereocenters. The molecule has 5 heteroatoms. The van der Waals surface area contributed by atoms with Crippen molar-refractivity contribution >= 4 is 0 Å². The number of methoxy groups -OCH3 is 1. The van der Waals surface area contributed by atoms with Gasteiger partial charge in [0.1, 0.15) is 12.4 Å². The molecule has 1 aliphatic rings. The highest BCUT2D eigenvalue weighted by molar-refractivity contribution is 5.26. The third-order valence-electron chi connectivity index (χ3n) is 2.78. The van der Waals surface area contributed by atoms with E-state index < -0.39 is 6.67 Å². The number of rotatable bonds is 3. The van der Waals surface area contributed by atoms with Gasteiger partial charge in [-0.25, -0.2) is 4.39 Å². The van der Waals surface area contributed by atoms with Crippen molar-refractivity contribution < 1.29 is 14.2 Å². The summed E-state index contributed by atoms with van der Waals surface area (Å²) in [6.45, 7) is 4.21. The zero-order valence-corrected chi connectivity index (χ0v) is 12.4. The maximum Gasteiger partial charge on any atom is 0.115 e. The molecular formula is C15H27FN2O2. The number of nitrogens with one attached hydrogen (secondary N) is 1. The van der Waals surface area contributed by atoms with Crippen LogP contribution in [0, 0.1) is 0 Å². The van der Waals surface area contributed by atoms with Crippen molar-refractivity contribution in [3.63, 3.8) is 0 Å². The van der Waals surface area contributed by atoms with Gasteiger partial charge in [-0.1, -0.05) is 12.1 Å². The van der Waals surface area contributed by atoms with Gasteiger partial charge in [0.25, 0.3) is 0 Å². The van der Waals surface area contributed by atoms with Crippen molar-refractivity contribution in [1.82, 2.24) is 5.32 Å². The first-order valence-corrected chi connectivity index (χ1v) is 6.94. The van der Waals surface area contributed by atoms with Gasteiger partial charge in [-0.05, 0) is 50.6 Å². The number of phenols is 1. The van der Waals surface area contributed by atoms with Gasteiger partial charge in [0.2, 0.25) is 0 Å². The van der Waals surface area contributed by atoms with E-state index in [0.717, 1.165) is 5.56 Å². The average Bonchev–Trinajstić information content (AvgIpc) is 3.07. The van der Waals surface area contributed by atoms with Gasteiger partial charge in [0, 0.05) is 13.7 Å². The molecule has 0 amide bonds. The van der Waals surface area contributed by atoms with E-state index in [9.17, 15) is 4.39 Å². The molecule has 1 fully saturated rings. The van der Waals surface area contributed by atoms with E-state index in [1.54, 1.807) is 19.2 Å². The summed E-state index contributed by atoms with van der Waals surface area (Å²) >= 11 is 0. The summed E-state index contributed by atoms with van der Waals surface area (Å²) in [4.78, 5) is 0. The Kier molecular flexibility index (Phi) is 12.1. The Hall–Kier alpha value is -1.17. The molecule has 20 heavy (non-hydrogen) atoms. The van der Waals surface area contributed by atoms with Gasteiger partial charge in [0.15, 0.2) is 0 Å². The van der Waals surface area contributed by atoms with Crippen molar-refractivity contribution in [3.05, 3.63) is 29.8 Å². The van der Waals surface area contributed by atoms with Crippen LogP contribution in [-0.2, 0) is 4.74 Å². The van der Waals surface area contributed by atoms with E-state index in [4.69, 9.17) is 9.84 Å². The summed E-state index contributed by atoms with van der Waals surface area (Å²) in [5.41, 5.74) is 5.73. The fraction of sp³-hybridized carbons (Fsp3) is 0.600. The Bertz CT molecular complexity index is 307. The van der Waals surface area contributed by atoms with E-state index in [1.165, 1.54) is 25.9 Å². The standard InChI is InChI=1S/C9H12O2.C4H9N.C2H6FN/c1-7(11-2)8-3-5-9(10)6-4-8;1-2-4-5-3-1;3-1-2-4/h3-7,10H,1-2H3;5H,1-4H2;1-2,4H2. The molecule has 4 nitrogen and oxygen atoms in total. The molecule has 0 aromatic heterocycles. The van der Waals surface area contributed by atoms with Gasteiger partial charge in [-0.2, -0.15) is 0 Å². The number of phenolic OH excluding ortho intramolecular Hbond substituents is 1. The molecule has 2 rings (SSSR count). The SMILES string of the molecule is C1CCNC1.COC(C)c1ccc(O)cc1.NCCF. The molecule has 4 N–H and O–H groups in total. The van der Waals surface area contributed by atoms with Crippen LogP contribution in [0.4, 0.5) is 4.39 Å². The number of hydrogen-bond acceptors (Lipinski definition) is 4. The van der Waals surface area contributed by atoms with E-state index in [1.807, 2.05) is 19.1 Å². The van der Waals surface area contributed by atoms with Gasteiger partial charge < -0.3 is 20.9 Å². The van der Waals surface area contributed by atoms with Crippen LogP contribution in [0.1, 0.15) is 31.4 Å². The van der Waals surface area contributed by atoms with Crippen LogP contribution in [0.2, 0.25) is 0 Å². The van der Waals surface area contributed by atoms with Crippen molar-refractivity contribution in [2.75, 3.05) is 33.4 Å². The van der Waals surface area contributed by atoms with E-state index in [2.05, 4.69) is 11.1 Å². The number of hydrogen-bond donors (Lipinski definition) is 3. The zero-order chi connectivity index (χ0) is 15.2. The Morgan fingerprint density at radius 1 is 1.30 bits per heavy atom. The van der Waals surface area contributed by atoms with Gasteiger partial charge in [-0.15, -0.1) is 0 Å². The second-order valence-corrected chi connectivity index (χ2v) is 4.40. The van der Waals surface area contributed by atoms with Crippen molar-refractivity contribution in [1.29, 1.82) is 0 Å². The number of halogens is 1. The topological polar surface area (TPSA) is 67.5 Å².